The van der Waals surface area contributed by atoms with E-state index >= 15 is 0 Å². The Hall–Kier alpha value is 0.150. The molecular weight excluding hydrogens is 403 g/mol. The van der Waals surface area contributed by atoms with Crippen LogP contribution in [0, 0.1) is 5.92 Å². The third-order valence-corrected chi connectivity index (χ3v) is 8.79. The maximum absolute atomic E-state index is 13.1. The Morgan fingerprint density at radius 2 is 1.10 bits per heavy atom. The van der Waals surface area contributed by atoms with Crippen molar-refractivity contribution in [1.29, 1.82) is 0 Å². The first-order valence-corrected chi connectivity index (χ1v) is 15.8. The molecule has 1 fully saturated rings. The molecule has 1 saturated carbocycles. The van der Waals surface area contributed by atoms with Gasteiger partial charge in [-0.15, -0.1) is 0 Å². The van der Waals surface area contributed by atoms with Gasteiger partial charge in [0, 0.05) is 0 Å². The van der Waals surface area contributed by atoms with Crippen LogP contribution in [0.1, 0.15) is 149 Å². The van der Waals surface area contributed by atoms with Crippen LogP contribution >= 0.6 is 7.60 Å². The van der Waals surface area contributed by atoms with Crippen molar-refractivity contribution in [3.05, 3.63) is 0 Å². The zero-order valence-corrected chi connectivity index (χ0v) is 22.1. The van der Waals surface area contributed by atoms with Crippen LogP contribution in [0.2, 0.25) is 0 Å². The van der Waals surface area contributed by atoms with Gasteiger partial charge in [-0.1, -0.05) is 123 Å². The molecule has 0 aromatic carbocycles. The third kappa shape index (κ3) is 17.3. The molecule has 0 amide bonds. The molecule has 1 atom stereocenters. The molecule has 0 aliphatic heterocycles. The fraction of sp³-hybridized carbons (Fsp3) is 1.00. The van der Waals surface area contributed by atoms with Gasteiger partial charge < -0.3 is 9.05 Å². The van der Waals surface area contributed by atoms with Crippen molar-refractivity contribution in [3.8, 4) is 0 Å². The number of rotatable bonds is 22. The van der Waals surface area contributed by atoms with Crippen molar-refractivity contribution in [3.63, 3.8) is 0 Å². The van der Waals surface area contributed by atoms with E-state index in [4.69, 9.17) is 9.05 Å². The summed E-state index contributed by atoms with van der Waals surface area (Å²) in [6.07, 6.45) is 27.9. The summed E-state index contributed by atoms with van der Waals surface area (Å²) < 4.78 is 24.9. The molecule has 1 aliphatic rings. The van der Waals surface area contributed by atoms with Crippen molar-refractivity contribution in [2.45, 2.75) is 149 Å². The molecule has 0 saturated heterocycles. The summed E-state index contributed by atoms with van der Waals surface area (Å²) in [4.78, 5) is 0. The molecule has 1 rings (SSSR count). The molecule has 0 spiro atoms. The van der Waals surface area contributed by atoms with E-state index in [0.717, 1.165) is 19.3 Å². The van der Waals surface area contributed by atoms with E-state index in [2.05, 4.69) is 13.8 Å². The molecule has 3 nitrogen and oxygen atoms in total. The van der Waals surface area contributed by atoms with Gasteiger partial charge in [-0.3, -0.25) is 4.57 Å². The second-order valence-corrected chi connectivity index (χ2v) is 12.1. The van der Waals surface area contributed by atoms with Crippen molar-refractivity contribution in [2.75, 3.05) is 19.4 Å². The minimum absolute atomic E-state index is 0.591. The highest BCUT2D eigenvalue weighted by Crippen LogP contribution is 2.50. The van der Waals surface area contributed by atoms with Crippen LogP contribution < -0.4 is 0 Å². The molecular formula is C27H55O3P. The summed E-state index contributed by atoms with van der Waals surface area (Å²) in [7, 11) is -2.89. The minimum Gasteiger partial charge on any atom is -0.309 e. The monoisotopic (exact) mass is 458 g/mol. The molecule has 0 N–H and O–H groups in total. The zero-order valence-electron chi connectivity index (χ0n) is 21.2. The Bertz CT molecular complexity index is 421. The van der Waals surface area contributed by atoms with E-state index in [1.807, 2.05) is 0 Å². The maximum Gasteiger partial charge on any atom is 0.330 e. The SMILES string of the molecule is CCCCCCCCCCCCCCCCOP(=O)(CCCC)OCC1CCCCC1. The Morgan fingerprint density at radius 1 is 0.613 bits per heavy atom. The largest absolute Gasteiger partial charge is 0.330 e. The molecule has 31 heavy (non-hydrogen) atoms. The maximum atomic E-state index is 13.1. The van der Waals surface area contributed by atoms with Crippen LogP contribution in [0.15, 0.2) is 0 Å². The molecule has 4 heteroatoms. The van der Waals surface area contributed by atoms with Crippen LogP contribution in [0.3, 0.4) is 0 Å². The standard InChI is InChI=1S/C27H55O3P/c1-3-5-7-8-9-10-11-12-13-14-15-16-17-21-24-29-31(28,25-6-4-2)30-26-27-22-19-18-20-23-27/h27H,3-26H2,1-2H3. The van der Waals surface area contributed by atoms with Crippen molar-refractivity contribution in [1.82, 2.24) is 0 Å². The first-order chi connectivity index (χ1) is 15.2. The molecule has 0 aromatic rings. The van der Waals surface area contributed by atoms with Crippen molar-refractivity contribution >= 4 is 7.60 Å². The summed E-state index contributed by atoms with van der Waals surface area (Å²) in [5.74, 6) is 0.591. The lowest BCUT2D eigenvalue weighted by atomic mass is 9.90. The fourth-order valence-electron chi connectivity index (χ4n) is 4.59. The average Bonchev–Trinajstić information content (AvgIpc) is 2.80. The topological polar surface area (TPSA) is 35.5 Å². The second-order valence-electron chi connectivity index (χ2n) is 9.92. The molecule has 0 bridgehead atoms. The summed E-state index contributed by atoms with van der Waals surface area (Å²) in [5, 5.41) is 0. The van der Waals surface area contributed by atoms with E-state index in [0.29, 0.717) is 25.3 Å². The van der Waals surface area contributed by atoms with Gasteiger partial charge in [-0.2, -0.15) is 0 Å². The summed E-state index contributed by atoms with van der Waals surface area (Å²) >= 11 is 0. The Morgan fingerprint density at radius 3 is 1.61 bits per heavy atom. The van der Waals surface area contributed by atoms with E-state index < -0.39 is 7.60 Å². The first kappa shape index (κ1) is 29.2. The van der Waals surface area contributed by atoms with Crippen LogP contribution in [-0.4, -0.2) is 19.4 Å². The molecule has 0 aromatic heterocycles. The van der Waals surface area contributed by atoms with Gasteiger partial charge in [-0.25, -0.2) is 0 Å². The highest BCUT2D eigenvalue weighted by atomic mass is 31.2. The second kappa shape index (κ2) is 20.7. The van der Waals surface area contributed by atoms with E-state index in [1.54, 1.807) is 0 Å². The van der Waals surface area contributed by atoms with Gasteiger partial charge in [0.2, 0.25) is 0 Å². The zero-order chi connectivity index (χ0) is 22.5. The summed E-state index contributed by atoms with van der Waals surface area (Å²) in [6.45, 7) is 5.66. The van der Waals surface area contributed by atoms with Crippen molar-refractivity contribution < 1.29 is 13.6 Å². The summed E-state index contributed by atoms with van der Waals surface area (Å²) in [6, 6.07) is 0. The quantitative estimate of drug-likeness (QED) is 0.120. The Balaban J connectivity index is 1.98. The lowest BCUT2D eigenvalue weighted by molar-refractivity contribution is 0.159. The molecule has 186 valence electrons. The fourth-order valence-corrected chi connectivity index (χ4v) is 6.47. The van der Waals surface area contributed by atoms with E-state index in [-0.39, 0.29) is 0 Å². The highest BCUT2D eigenvalue weighted by Gasteiger charge is 2.26. The summed E-state index contributed by atoms with van der Waals surface area (Å²) in [5.41, 5.74) is 0. The lowest BCUT2D eigenvalue weighted by Gasteiger charge is -2.25. The van der Waals surface area contributed by atoms with Crippen LogP contribution in [0.4, 0.5) is 0 Å². The highest BCUT2D eigenvalue weighted by molar-refractivity contribution is 7.53. The van der Waals surface area contributed by atoms with Crippen molar-refractivity contribution in [2.24, 2.45) is 5.92 Å². The van der Waals surface area contributed by atoms with Crippen LogP contribution in [-0.2, 0) is 13.6 Å². The van der Waals surface area contributed by atoms with E-state index in [1.165, 1.54) is 116 Å². The third-order valence-electron chi connectivity index (χ3n) is 6.80. The molecule has 0 heterocycles. The van der Waals surface area contributed by atoms with Gasteiger partial charge in [-0.05, 0) is 31.6 Å². The van der Waals surface area contributed by atoms with Gasteiger partial charge >= 0.3 is 7.60 Å². The predicted molar refractivity (Wildman–Crippen MR) is 136 cm³/mol. The first-order valence-electron chi connectivity index (χ1n) is 14.1. The average molecular weight is 459 g/mol. The number of hydrogen-bond acceptors (Lipinski definition) is 3. The molecule has 0 radical (unpaired) electrons. The number of hydrogen-bond donors (Lipinski definition) is 0. The van der Waals surface area contributed by atoms with Gasteiger partial charge in [0.05, 0.1) is 19.4 Å². The molecule has 1 aliphatic carbocycles. The normalized spacial score (nSPS) is 17.1. The Labute approximate surface area is 195 Å². The smallest absolute Gasteiger partial charge is 0.309 e. The molecule has 1 unspecified atom stereocenters. The number of unbranched alkanes of at least 4 members (excludes halogenated alkanes) is 14. The van der Waals surface area contributed by atoms with Crippen LogP contribution in [0.25, 0.3) is 0 Å². The minimum atomic E-state index is -2.89. The van der Waals surface area contributed by atoms with Gasteiger partial charge in [0.25, 0.3) is 0 Å². The Kier molecular flexibility index (Phi) is 19.5. The predicted octanol–water partition coefficient (Wildman–Crippen LogP) is 10.1. The lowest BCUT2D eigenvalue weighted by Crippen LogP contribution is -2.14. The van der Waals surface area contributed by atoms with Gasteiger partial charge in [0.1, 0.15) is 0 Å². The van der Waals surface area contributed by atoms with E-state index in [9.17, 15) is 4.57 Å². The van der Waals surface area contributed by atoms with Gasteiger partial charge in [0.15, 0.2) is 0 Å². The van der Waals surface area contributed by atoms with Crippen LogP contribution in [0.5, 0.6) is 0 Å².